The number of fused-ring (bicyclic) bond motifs is 1. The van der Waals surface area contributed by atoms with Gasteiger partial charge >= 0.3 is 0 Å². The zero-order chi connectivity index (χ0) is 21.5. The highest BCUT2D eigenvalue weighted by Gasteiger charge is 2.16. The Morgan fingerprint density at radius 1 is 1.13 bits per heavy atom. The minimum atomic E-state index is -0.361. The van der Waals surface area contributed by atoms with E-state index < -0.39 is 0 Å². The predicted octanol–water partition coefficient (Wildman–Crippen LogP) is 3.04. The van der Waals surface area contributed by atoms with E-state index in [1.165, 1.54) is 5.69 Å². The van der Waals surface area contributed by atoms with Crippen molar-refractivity contribution in [2.24, 2.45) is 0 Å². The van der Waals surface area contributed by atoms with E-state index in [9.17, 15) is 10.1 Å². The van der Waals surface area contributed by atoms with Crippen LogP contribution in [0.25, 0.3) is 16.3 Å². The van der Waals surface area contributed by atoms with Crippen LogP contribution in [0, 0.1) is 11.3 Å². The molecule has 1 aliphatic heterocycles. The van der Waals surface area contributed by atoms with Gasteiger partial charge in [-0.2, -0.15) is 5.26 Å². The molecule has 1 amide bonds. The maximum Gasteiger partial charge on any atom is 0.262 e. The van der Waals surface area contributed by atoms with E-state index >= 15 is 0 Å². The lowest BCUT2D eigenvalue weighted by molar-refractivity contribution is -0.117. The minimum absolute atomic E-state index is 0.139. The number of allylic oxidation sites excluding steroid dienone is 1. The normalized spacial score (nSPS) is 15.6. The van der Waals surface area contributed by atoms with Crippen LogP contribution in [0.4, 0.5) is 5.69 Å². The number of anilines is 1. The molecule has 2 aromatic rings. The monoisotopic (exact) mass is 406 g/mol. The molecule has 0 saturated carbocycles. The zero-order valence-corrected chi connectivity index (χ0v) is 18.1. The summed E-state index contributed by atoms with van der Waals surface area (Å²) in [6.45, 7) is 9.36. The Morgan fingerprint density at radius 2 is 1.83 bits per heavy atom. The average Bonchev–Trinajstić information content (AvgIpc) is 2.77. The zero-order valence-electron chi connectivity index (χ0n) is 18.1. The van der Waals surface area contributed by atoms with Gasteiger partial charge in [0.25, 0.3) is 5.91 Å². The summed E-state index contributed by atoms with van der Waals surface area (Å²) >= 11 is 0. The van der Waals surface area contributed by atoms with Gasteiger partial charge in [-0.15, -0.1) is 0 Å². The van der Waals surface area contributed by atoms with Gasteiger partial charge in [-0.1, -0.05) is 18.2 Å². The molecule has 0 unspecified atom stereocenters. The molecular formula is C24H30N4O2. The number of ether oxygens (including phenoxy) is 1. The van der Waals surface area contributed by atoms with Gasteiger partial charge in [0.15, 0.2) is 0 Å². The third-order valence-corrected chi connectivity index (χ3v) is 5.58. The number of carbonyl (C=O) groups is 1. The Balaban J connectivity index is 1.79. The molecule has 3 rings (SSSR count). The van der Waals surface area contributed by atoms with Crippen LogP contribution in [0.5, 0.6) is 0 Å². The average molecular weight is 407 g/mol. The van der Waals surface area contributed by atoms with Crippen LogP contribution in [0.2, 0.25) is 0 Å². The second kappa shape index (κ2) is 10.2. The lowest BCUT2D eigenvalue weighted by Crippen LogP contribution is -2.44. The lowest BCUT2D eigenvalue weighted by atomic mass is 9.98. The van der Waals surface area contributed by atoms with E-state index in [-0.39, 0.29) is 11.5 Å². The molecular weight excluding hydrogens is 376 g/mol. The number of piperazine rings is 1. The van der Waals surface area contributed by atoms with Crippen LogP contribution in [-0.2, 0) is 9.53 Å². The van der Waals surface area contributed by atoms with E-state index in [4.69, 9.17) is 4.74 Å². The molecule has 0 aromatic heterocycles. The Labute approximate surface area is 178 Å². The van der Waals surface area contributed by atoms with E-state index in [1.54, 1.807) is 0 Å². The smallest absolute Gasteiger partial charge is 0.262 e. The van der Waals surface area contributed by atoms with Crippen LogP contribution >= 0.6 is 0 Å². The molecule has 1 N–H and O–H groups in total. The number of amides is 1. The SMILES string of the molecule is CCOCCNC(=O)/C(C#N)=C(\C)c1ccc2cc(N3CCN(C)CC3)ccc2c1. The van der Waals surface area contributed by atoms with Crippen molar-refractivity contribution in [2.75, 3.05) is 57.9 Å². The van der Waals surface area contributed by atoms with Gasteiger partial charge in [0, 0.05) is 45.0 Å². The fraction of sp³-hybridized carbons (Fsp3) is 0.417. The molecule has 30 heavy (non-hydrogen) atoms. The van der Waals surface area contributed by atoms with Crippen molar-refractivity contribution in [3.8, 4) is 6.07 Å². The third-order valence-electron chi connectivity index (χ3n) is 5.58. The van der Waals surface area contributed by atoms with Gasteiger partial charge in [0.2, 0.25) is 0 Å². The first-order chi connectivity index (χ1) is 14.5. The summed E-state index contributed by atoms with van der Waals surface area (Å²) in [5.41, 5.74) is 2.93. The fourth-order valence-corrected chi connectivity index (χ4v) is 3.65. The second-order valence-electron chi connectivity index (χ2n) is 7.60. The van der Waals surface area contributed by atoms with Gasteiger partial charge in [-0.25, -0.2) is 0 Å². The van der Waals surface area contributed by atoms with Crippen LogP contribution in [-0.4, -0.2) is 63.8 Å². The van der Waals surface area contributed by atoms with Gasteiger partial charge in [-0.3, -0.25) is 4.79 Å². The summed E-state index contributed by atoms with van der Waals surface area (Å²) in [4.78, 5) is 17.2. The number of nitriles is 1. The Bertz CT molecular complexity index is 969. The molecule has 0 radical (unpaired) electrons. The molecule has 2 aromatic carbocycles. The summed E-state index contributed by atoms with van der Waals surface area (Å²) in [5.74, 6) is -0.361. The number of nitrogens with zero attached hydrogens (tertiary/aromatic N) is 3. The van der Waals surface area contributed by atoms with Crippen molar-refractivity contribution in [1.29, 1.82) is 5.26 Å². The number of likely N-dealkylation sites (N-methyl/N-ethyl adjacent to an activating group) is 1. The number of hydrogen-bond donors (Lipinski definition) is 1. The predicted molar refractivity (Wildman–Crippen MR) is 121 cm³/mol. The number of rotatable bonds is 7. The second-order valence-corrected chi connectivity index (χ2v) is 7.60. The Hall–Kier alpha value is -2.88. The van der Waals surface area contributed by atoms with Crippen LogP contribution in [0.15, 0.2) is 42.0 Å². The molecule has 1 fully saturated rings. The molecule has 0 atom stereocenters. The van der Waals surface area contributed by atoms with Crippen molar-refractivity contribution in [3.05, 3.63) is 47.5 Å². The fourth-order valence-electron chi connectivity index (χ4n) is 3.65. The van der Waals surface area contributed by atoms with Gasteiger partial charge in [0.05, 0.1) is 6.61 Å². The Kier molecular flexibility index (Phi) is 7.45. The molecule has 158 valence electrons. The first kappa shape index (κ1) is 21.8. The van der Waals surface area contributed by atoms with Crippen molar-refractivity contribution in [3.63, 3.8) is 0 Å². The topological polar surface area (TPSA) is 68.6 Å². The van der Waals surface area contributed by atoms with Gasteiger partial charge in [-0.05, 0) is 61.0 Å². The minimum Gasteiger partial charge on any atom is -0.380 e. The maximum absolute atomic E-state index is 12.4. The first-order valence-corrected chi connectivity index (χ1v) is 10.5. The van der Waals surface area contributed by atoms with Crippen molar-refractivity contribution >= 4 is 27.9 Å². The van der Waals surface area contributed by atoms with E-state index in [1.807, 2.05) is 26.0 Å². The van der Waals surface area contributed by atoms with Crippen molar-refractivity contribution in [1.82, 2.24) is 10.2 Å². The molecule has 1 aliphatic rings. The highest BCUT2D eigenvalue weighted by molar-refractivity contribution is 6.05. The summed E-state index contributed by atoms with van der Waals surface area (Å²) in [7, 11) is 2.16. The number of hydrogen-bond acceptors (Lipinski definition) is 5. The van der Waals surface area contributed by atoms with E-state index in [0.29, 0.717) is 25.3 Å². The van der Waals surface area contributed by atoms with E-state index in [2.05, 4.69) is 52.5 Å². The number of nitrogens with one attached hydrogen (secondary N) is 1. The molecule has 0 aliphatic carbocycles. The molecule has 6 heteroatoms. The molecule has 1 saturated heterocycles. The maximum atomic E-state index is 12.4. The quantitative estimate of drug-likeness (QED) is 0.435. The summed E-state index contributed by atoms with van der Waals surface area (Å²) < 4.78 is 5.23. The summed E-state index contributed by atoms with van der Waals surface area (Å²) in [6, 6.07) is 14.6. The number of benzene rings is 2. The van der Waals surface area contributed by atoms with Crippen molar-refractivity contribution < 1.29 is 9.53 Å². The Morgan fingerprint density at radius 3 is 2.53 bits per heavy atom. The lowest BCUT2D eigenvalue weighted by Gasteiger charge is -2.34. The van der Waals surface area contributed by atoms with Gasteiger partial charge in [0.1, 0.15) is 11.6 Å². The molecule has 6 nitrogen and oxygen atoms in total. The van der Waals surface area contributed by atoms with Crippen LogP contribution in [0.1, 0.15) is 19.4 Å². The number of carbonyl (C=O) groups excluding carboxylic acids is 1. The van der Waals surface area contributed by atoms with Gasteiger partial charge < -0.3 is 19.9 Å². The highest BCUT2D eigenvalue weighted by Crippen LogP contribution is 2.27. The summed E-state index contributed by atoms with van der Waals surface area (Å²) in [6.07, 6.45) is 0. The van der Waals surface area contributed by atoms with Crippen molar-refractivity contribution in [2.45, 2.75) is 13.8 Å². The highest BCUT2D eigenvalue weighted by atomic mass is 16.5. The molecule has 0 bridgehead atoms. The molecule has 1 heterocycles. The van der Waals surface area contributed by atoms with Crippen LogP contribution < -0.4 is 10.2 Å². The summed E-state index contributed by atoms with van der Waals surface area (Å²) in [5, 5.41) is 14.5. The standard InChI is InChI=1S/C24H30N4O2/c1-4-30-14-9-26-24(29)23(17-25)18(2)19-5-6-21-16-22(8-7-20(21)15-19)28-12-10-27(3)11-13-28/h5-8,15-16H,4,9-14H2,1-3H3,(H,26,29)/b23-18+. The third kappa shape index (κ3) is 5.18. The molecule has 0 spiro atoms. The van der Waals surface area contributed by atoms with Crippen LogP contribution in [0.3, 0.4) is 0 Å². The first-order valence-electron chi connectivity index (χ1n) is 10.5. The largest absolute Gasteiger partial charge is 0.380 e. The van der Waals surface area contributed by atoms with E-state index in [0.717, 1.165) is 42.5 Å².